The average molecular weight is 615 g/mol. The number of aryl methyl sites for hydroxylation is 3. The number of fused-ring (bicyclic) bond motifs is 1. The van der Waals surface area contributed by atoms with Crippen molar-refractivity contribution in [1.29, 1.82) is 0 Å². The fourth-order valence-electron chi connectivity index (χ4n) is 5.61. The molecule has 0 atom stereocenters. The lowest BCUT2D eigenvalue weighted by Crippen LogP contribution is -2.33. The first-order chi connectivity index (χ1) is 20.9. The maximum atomic E-state index is 13.2. The van der Waals surface area contributed by atoms with E-state index < -0.39 is 0 Å². The van der Waals surface area contributed by atoms with Crippen molar-refractivity contribution in [3.63, 3.8) is 0 Å². The largest absolute Gasteiger partial charge is 0.364 e. The number of rotatable bonds is 12. The standard InChI is InChI=1S/C36H50N6OS/c1-25(18-19-35(40(6)7)41(8)21-20-39(4)5)37-32-22-29(24-42(9)36(32)43)30-15-13-16-31(26(30)2)38-27(3)34-23-28-14-11-10-12-17-33(28)44-34/h13,15-16,18-19,22-24,37-38H,3,10-12,14,17,20-21H2,1-2,4-9H3/b25-18+,35-19+. The molecule has 0 fully saturated rings. The first kappa shape index (κ1) is 33.1. The molecule has 0 bridgehead atoms. The van der Waals surface area contributed by atoms with E-state index in [1.165, 1.54) is 47.4 Å². The van der Waals surface area contributed by atoms with Crippen LogP contribution >= 0.6 is 11.3 Å². The van der Waals surface area contributed by atoms with Crippen molar-refractivity contribution in [3.8, 4) is 11.1 Å². The number of nitrogens with one attached hydrogen (secondary N) is 2. The number of aromatic nitrogens is 1. The maximum absolute atomic E-state index is 13.2. The number of anilines is 2. The predicted octanol–water partition coefficient (Wildman–Crippen LogP) is 6.99. The fraction of sp³-hybridized carbons (Fsp3) is 0.417. The number of nitrogens with zero attached hydrogens (tertiary/aromatic N) is 4. The minimum absolute atomic E-state index is 0.0702. The van der Waals surface area contributed by atoms with Gasteiger partial charge < -0.3 is 29.9 Å². The lowest BCUT2D eigenvalue weighted by molar-refractivity contribution is 0.267. The molecule has 1 aliphatic carbocycles. The second kappa shape index (κ2) is 14.8. The molecule has 1 aliphatic rings. The van der Waals surface area contributed by atoms with Crippen LogP contribution in [0.25, 0.3) is 16.8 Å². The number of hydrogen-bond donors (Lipinski definition) is 2. The van der Waals surface area contributed by atoms with Gasteiger partial charge >= 0.3 is 0 Å². The Bertz CT molecular complexity index is 1570. The van der Waals surface area contributed by atoms with Crippen LogP contribution in [0, 0.1) is 6.92 Å². The topological polar surface area (TPSA) is 55.8 Å². The number of hydrogen-bond acceptors (Lipinski definition) is 7. The molecule has 0 saturated carbocycles. The molecule has 7 nitrogen and oxygen atoms in total. The zero-order chi connectivity index (χ0) is 32.0. The van der Waals surface area contributed by atoms with Crippen LogP contribution in [-0.2, 0) is 19.9 Å². The Morgan fingerprint density at radius 2 is 1.75 bits per heavy atom. The zero-order valence-corrected chi connectivity index (χ0v) is 28.7. The van der Waals surface area contributed by atoms with Crippen molar-refractivity contribution < 1.29 is 0 Å². The number of likely N-dealkylation sites (N-methyl/N-ethyl adjacent to an activating group) is 2. The fourth-order valence-corrected chi connectivity index (χ4v) is 6.79. The van der Waals surface area contributed by atoms with Crippen molar-refractivity contribution in [3.05, 3.63) is 98.0 Å². The number of allylic oxidation sites excluding steroid dienone is 3. The van der Waals surface area contributed by atoms with E-state index in [-0.39, 0.29) is 5.56 Å². The molecule has 8 heteroatoms. The van der Waals surface area contributed by atoms with E-state index in [0.717, 1.165) is 52.7 Å². The summed E-state index contributed by atoms with van der Waals surface area (Å²) in [5.74, 6) is 1.09. The summed E-state index contributed by atoms with van der Waals surface area (Å²) < 4.78 is 1.65. The molecule has 2 aromatic heterocycles. The van der Waals surface area contributed by atoms with Gasteiger partial charge in [0.2, 0.25) is 0 Å². The van der Waals surface area contributed by atoms with Crippen molar-refractivity contribution in [2.24, 2.45) is 7.05 Å². The van der Waals surface area contributed by atoms with Crippen LogP contribution in [0.15, 0.2) is 71.6 Å². The van der Waals surface area contributed by atoms with E-state index in [0.29, 0.717) is 5.69 Å². The Morgan fingerprint density at radius 1 is 1.00 bits per heavy atom. The quantitative estimate of drug-likeness (QED) is 0.170. The third-order valence-electron chi connectivity index (χ3n) is 8.20. The molecule has 0 radical (unpaired) electrons. The van der Waals surface area contributed by atoms with E-state index in [2.05, 4.69) is 90.3 Å². The molecule has 2 heterocycles. The van der Waals surface area contributed by atoms with Gasteiger partial charge in [0.25, 0.3) is 5.56 Å². The highest BCUT2D eigenvalue weighted by molar-refractivity contribution is 7.13. The van der Waals surface area contributed by atoms with Gasteiger partial charge in [-0.2, -0.15) is 0 Å². The van der Waals surface area contributed by atoms with Gasteiger partial charge in [-0.3, -0.25) is 4.79 Å². The number of pyridine rings is 1. The van der Waals surface area contributed by atoms with Crippen LogP contribution in [-0.4, -0.2) is 67.6 Å². The summed E-state index contributed by atoms with van der Waals surface area (Å²) >= 11 is 1.88. The summed E-state index contributed by atoms with van der Waals surface area (Å²) in [5.41, 5.74) is 7.98. The molecule has 44 heavy (non-hydrogen) atoms. The van der Waals surface area contributed by atoms with E-state index in [4.69, 9.17) is 0 Å². The van der Waals surface area contributed by atoms with Crippen molar-refractivity contribution in [1.82, 2.24) is 19.3 Å². The first-order valence-corrected chi connectivity index (χ1v) is 16.3. The van der Waals surface area contributed by atoms with Crippen molar-refractivity contribution >= 4 is 28.4 Å². The Morgan fingerprint density at radius 3 is 2.48 bits per heavy atom. The average Bonchev–Trinajstić information content (AvgIpc) is 3.25. The molecule has 4 rings (SSSR count). The minimum atomic E-state index is -0.0702. The summed E-state index contributed by atoms with van der Waals surface area (Å²) in [6, 6.07) is 10.6. The van der Waals surface area contributed by atoms with Crippen LogP contribution in [0.2, 0.25) is 0 Å². The van der Waals surface area contributed by atoms with Crippen molar-refractivity contribution in [2.75, 3.05) is 59.0 Å². The van der Waals surface area contributed by atoms with Gasteiger partial charge in [-0.25, -0.2) is 0 Å². The summed E-state index contributed by atoms with van der Waals surface area (Å²) in [4.78, 5) is 22.4. The molecule has 236 valence electrons. The molecule has 0 amide bonds. The number of thiophene rings is 1. The molecule has 0 saturated heterocycles. The molecule has 2 N–H and O–H groups in total. The van der Waals surface area contributed by atoms with Gasteiger partial charge in [-0.15, -0.1) is 11.3 Å². The Labute approximate surface area is 268 Å². The SMILES string of the molecule is C=C(Nc1cccc(-c2cc(N/C(C)=C/C=C(\N(C)C)N(C)CCN(C)C)c(=O)n(C)c2)c1C)c1cc2c(s1)CCCCC2. The normalized spacial score (nSPS) is 13.8. The maximum Gasteiger partial charge on any atom is 0.273 e. The van der Waals surface area contributed by atoms with E-state index in [9.17, 15) is 4.79 Å². The minimum Gasteiger partial charge on any atom is -0.364 e. The van der Waals surface area contributed by atoms with E-state index in [1.54, 1.807) is 11.6 Å². The van der Waals surface area contributed by atoms with Gasteiger partial charge in [0, 0.05) is 75.0 Å². The Kier molecular flexibility index (Phi) is 11.2. The van der Waals surface area contributed by atoms with E-state index >= 15 is 0 Å². The lowest BCUT2D eigenvalue weighted by Gasteiger charge is -2.29. The third-order valence-corrected chi connectivity index (χ3v) is 9.50. The van der Waals surface area contributed by atoms with Crippen LogP contribution in [0.3, 0.4) is 0 Å². The third kappa shape index (κ3) is 8.24. The van der Waals surface area contributed by atoms with Gasteiger partial charge in [-0.05, 0) is 101 Å². The zero-order valence-electron chi connectivity index (χ0n) is 27.9. The van der Waals surface area contributed by atoms with Gasteiger partial charge in [-0.1, -0.05) is 25.1 Å². The summed E-state index contributed by atoms with van der Waals surface area (Å²) in [5, 5.41) is 6.97. The van der Waals surface area contributed by atoms with Crippen LogP contribution in [0.4, 0.5) is 11.4 Å². The summed E-state index contributed by atoms with van der Waals surface area (Å²) in [7, 11) is 12.2. The number of benzene rings is 1. The van der Waals surface area contributed by atoms with E-state index in [1.807, 2.05) is 50.7 Å². The lowest BCUT2D eigenvalue weighted by atomic mass is 10.00. The van der Waals surface area contributed by atoms with Gasteiger partial charge in [0.05, 0.1) is 4.88 Å². The highest BCUT2D eigenvalue weighted by Crippen LogP contribution is 2.35. The first-order valence-electron chi connectivity index (χ1n) is 15.5. The molecule has 3 aromatic rings. The molecular formula is C36H50N6OS. The Hall–Kier alpha value is -3.75. The van der Waals surface area contributed by atoms with Gasteiger partial charge in [0.1, 0.15) is 11.5 Å². The molecule has 0 aliphatic heterocycles. The van der Waals surface area contributed by atoms with Gasteiger partial charge in [0.15, 0.2) is 0 Å². The van der Waals surface area contributed by atoms with Crippen LogP contribution < -0.4 is 16.2 Å². The second-order valence-corrected chi connectivity index (χ2v) is 13.5. The van der Waals surface area contributed by atoms with Crippen LogP contribution in [0.5, 0.6) is 0 Å². The molecule has 1 aromatic carbocycles. The summed E-state index contributed by atoms with van der Waals surface area (Å²) in [6.07, 6.45) is 12.3. The smallest absolute Gasteiger partial charge is 0.273 e. The monoisotopic (exact) mass is 614 g/mol. The highest BCUT2D eigenvalue weighted by atomic mass is 32.1. The van der Waals surface area contributed by atoms with Crippen molar-refractivity contribution in [2.45, 2.75) is 46.0 Å². The molecule has 0 spiro atoms. The Balaban J connectivity index is 1.56. The highest BCUT2D eigenvalue weighted by Gasteiger charge is 2.16. The molecular weight excluding hydrogens is 565 g/mol. The summed E-state index contributed by atoms with van der Waals surface area (Å²) in [6.45, 7) is 10.4. The predicted molar refractivity (Wildman–Crippen MR) is 190 cm³/mol. The van der Waals surface area contributed by atoms with Crippen LogP contribution in [0.1, 0.15) is 47.1 Å². The second-order valence-electron chi connectivity index (χ2n) is 12.4. The molecule has 0 unspecified atom stereocenters.